The fourth-order valence-electron chi connectivity index (χ4n) is 1.06. The van der Waals surface area contributed by atoms with Crippen molar-refractivity contribution >= 4 is 28.6 Å². The van der Waals surface area contributed by atoms with Crippen LogP contribution in [0.15, 0.2) is 18.5 Å². The number of amides is 1. The molecule has 11 heavy (non-hydrogen) atoms. The van der Waals surface area contributed by atoms with Crippen LogP contribution in [0, 0.1) is 0 Å². The zero-order valence-corrected chi connectivity index (χ0v) is 7.42. The average molecular weight is 215 g/mol. The van der Waals surface area contributed by atoms with Crippen molar-refractivity contribution in [1.82, 2.24) is 4.98 Å². The van der Waals surface area contributed by atoms with Crippen molar-refractivity contribution in [2.75, 3.05) is 5.32 Å². The maximum atomic E-state index is 10.8. The van der Waals surface area contributed by atoms with Gasteiger partial charge in [-0.05, 0) is 6.07 Å². The molecule has 0 spiro atoms. The molecule has 1 aliphatic rings. The van der Waals surface area contributed by atoms with Gasteiger partial charge in [-0.25, -0.2) is 0 Å². The minimum Gasteiger partial charge on any atom is -0.325 e. The van der Waals surface area contributed by atoms with Gasteiger partial charge in [0.2, 0.25) is 5.91 Å². The lowest BCUT2D eigenvalue weighted by Crippen LogP contribution is -2.03. The fraction of sp³-hybridized carbons (Fsp3) is 0.143. The Balaban J connectivity index is 0.000000605. The van der Waals surface area contributed by atoms with Crippen molar-refractivity contribution < 1.29 is 4.79 Å². The Kier molecular flexibility index (Phi) is 2.24. The van der Waals surface area contributed by atoms with E-state index >= 15 is 0 Å². The number of halogens is 1. The molecular weight excluding hydrogens is 208 g/mol. The molecule has 0 atom stereocenters. The topological polar surface area (TPSA) is 42.0 Å². The Morgan fingerprint density at radius 2 is 2.36 bits per heavy atom. The smallest absolute Gasteiger partial charge is 0.228 e. The number of aromatic nitrogens is 1. The molecule has 0 aliphatic carbocycles. The Labute approximate surface area is 74.6 Å². The van der Waals surface area contributed by atoms with Crippen molar-refractivity contribution in [2.24, 2.45) is 0 Å². The summed E-state index contributed by atoms with van der Waals surface area (Å²) >= 11 is 0. The molecule has 1 N–H and O–H groups in total. The van der Waals surface area contributed by atoms with Crippen LogP contribution in [0.3, 0.4) is 0 Å². The van der Waals surface area contributed by atoms with E-state index in [9.17, 15) is 4.79 Å². The standard InChI is InChI=1S/C7H6N2O.BrH/c10-7-3-5-4-8-2-1-6(5)9-7;/h1-2,4H,3H2,(H,9,10);1H. The molecule has 58 valence electrons. The SMILES string of the molecule is Br.O=C1Cc2cnccc2N1. The van der Waals surface area contributed by atoms with Gasteiger partial charge < -0.3 is 5.32 Å². The summed E-state index contributed by atoms with van der Waals surface area (Å²) in [5.41, 5.74) is 1.90. The summed E-state index contributed by atoms with van der Waals surface area (Å²) in [5, 5.41) is 2.72. The maximum absolute atomic E-state index is 10.8. The van der Waals surface area contributed by atoms with Gasteiger partial charge in [0.1, 0.15) is 0 Å². The highest BCUT2D eigenvalue weighted by Gasteiger charge is 2.15. The summed E-state index contributed by atoms with van der Waals surface area (Å²) in [6.45, 7) is 0. The average Bonchev–Trinajstić information content (AvgIpc) is 2.27. The molecule has 1 amide bonds. The molecule has 2 rings (SSSR count). The number of hydrogen-bond donors (Lipinski definition) is 1. The number of nitrogens with one attached hydrogen (secondary N) is 1. The van der Waals surface area contributed by atoms with E-state index in [2.05, 4.69) is 10.3 Å². The second-order valence-corrected chi connectivity index (χ2v) is 2.26. The van der Waals surface area contributed by atoms with Gasteiger partial charge in [0, 0.05) is 23.6 Å². The van der Waals surface area contributed by atoms with Crippen molar-refractivity contribution in [1.29, 1.82) is 0 Å². The Bertz CT molecular complexity index is 261. The third-order valence-electron chi connectivity index (χ3n) is 1.53. The lowest BCUT2D eigenvalue weighted by Gasteiger charge is -1.92. The molecule has 1 aromatic heterocycles. The maximum Gasteiger partial charge on any atom is 0.228 e. The van der Waals surface area contributed by atoms with Crippen molar-refractivity contribution in [3.05, 3.63) is 24.0 Å². The molecule has 1 aliphatic heterocycles. The summed E-state index contributed by atoms with van der Waals surface area (Å²) in [7, 11) is 0. The number of anilines is 1. The van der Waals surface area contributed by atoms with E-state index in [-0.39, 0.29) is 22.9 Å². The van der Waals surface area contributed by atoms with Gasteiger partial charge >= 0.3 is 0 Å². The third-order valence-corrected chi connectivity index (χ3v) is 1.53. The fourth-order valence-corrected chi connectivity index (χ4v) is 1.06. The van der Waals surface area contributed by atoms with Crippen molar-refractivity contribution in [3.8, 4) is 0 Å². The monoisotopic (exact) mass is 214 g/mol. The number of rotatable bonds is 0. The van der Waals surface area contributed by atoms with Gasteiger partial charge in [0.25, 0.3) is 0 Å². The first-order chi connectivity index (χ1) is 4.86. The summed E-state index contributed by atoms with van der Waals surface area (Å²) in [6.07, 6.45) is 3.86. The van der Waals surface area contributed by atoms with E-state index in [0.29, 0.717) is 6.42 Å². The summed E-state index contributed by atoms with van der Waals surface area (Å²) in [6, 6.07) is 1.81. The molecule has 4 heteroatoms. The Morgan fingerprint density at radius 3 is 3.09 bits per heavy atom. The molecular formula is C7H7BrN2O. The predicted octanol–water partition coefficient (Wildman–Crippen LogP) is 1.15. The number of carbonyl (C=O) groups excluding carboxylic acids is 1. The molecule has 3 nitrogen and oxygen atoms in total. The predicted molar refractivity (Wildman–Crippen MR) is 46.9 cm³/mol. The van der Waals surface area contributed by atoms with Crippen LogP contribution in [0.2, 0.25) is 0 Å². The first-order valence-electron chi connectivity index (χ1n) is 3.09. The molecule has 0 bridgehead atoms. The Hall–Kier alpha value is -0.900. The zero-order chi connectivity index (χ0) is 6.97. The van der Waals surface area contributed by atoms with Crippen molar-refractivity contribution in [2.45, 2.75) is 6.42 Å². The van der Waals surface area contributed by atoms with E-state index in [0.717, 1.165) is 11.3 Å². The second-order valence-electron chi connectivity index (χ2n) is 2.26. The van der Waals surface area contributed by atoms with Crippen LogP contribution in [0.4, 0.5) is 5.69 Å². The molecule has 0 radical (unpaired) electrons. The van der Waals surface area contributed by atoms with E-state index in [1.165, 1.54) is 0 Å². The molecule has 0 fully saturated rings. The van der Waals surface area contributed by atoms with Crippen molar-refractivity contribution in [3.63, 3.8) is 0 Å². The minimum absolute atomic E-state index is 0. The van der Waals surface area contributed by atoms with Crippen LogP contribution in [-0.2, 0) is 11.2 Å². The van der Waals surface area contributed by atoms with E-state index < -0.39 is 0 Å². The zero-order valence-electron chi connectivity index (χ0n) is 5.70. The minimum atomic E-state index is 0. The van der Waals surface area contributed by atoms with Gasteiger partial charge in [-0.3, -0.25) is 9.78 Å². The molecule has 2 heterocycles. The lowest BCUT2D eigenvalue weighted by molar-refractivity contribution is -0.115. The molecule has 0 saturated heterocycles. The summed E-state index contributed by atoms with van der Waals surface area (Å²) in [5.74, 6) is 0.0583. The molecule has 0 aromatic carbocycles. The van der Waals surface area contributed by atoms with Crippen LogP contribution < -0.4 is 5.32 Å². The number of hydrogen-bond acceptors (Lipinski definition) is 2. The van der Waals surface area contributed by atoms with Gasteiger partial charge in [0.15, 0.2) is 0 Å². The number of fused-ring (bicyclic) bond motifs is 1. The quantitative estimate of drug-likeness (QED) is 0.705. The first kappa shape index (κ1) is 8.20. The van der Waals surface area contributed by atoms with Gasteiger partial charge in [-0.2, -0.15) is 0 Å². The van der Waals surface area contributed by atoms with Crippen LogP contribution in [0.1, 0.15) is 5.56 Å². The number of nitrogens with zero attached hydrogens (tertiary/aromatic N) is 1. The van der Waals surface area contributed by atoms with Crippen LogP contribution in [-0.4, -0.2) is 10.9 Å². The molecule has 0 unspecified atom stereocenters. The van der Waals surface area contributed by atoms with Crippen LogP contribution in [0.25, 0.3) is 0 Å². The van der Waals surface area contributed by atoms with Gasteiger partial charge in [-0.1, -0.05) is 0 Å². The van der Waals surface area contributed by atoms with E-state index in [4.69, 9.17) is 0 Å². The summed E-state index contributed by atoms with van der Waals surface area (Å²) in [4.78, 5) is 14.7. The van der Waals surface area contributed by atoms with Gasteiger partial charge in [-0.15, -0.1) is 17.0 Å². The van der Waals surface area contributed by atoms with E-state index in [1.807, 2.05) is 0 Å². The number of carbonyl (C=O) groups is 1. The first-order valence-corrected chi connectivity index (χ1v) is 3.09. The highest BCUT2D eigenvalue weighted by atomic mass is 79.9. The highest BCUT2D eigenvalue weighted by molar-refractivity contribution is 8.93. The van der Waals surface area contributed by atoms with Crippen LogP contribution >= 0.6 is 17.0 Å². The summed E-state index contributed by atoms with van der Waals surface area (Å²) < 4.78 is 0. The largest absolute Gasteiger partial charge is 0.325 e. The normalized spacial score (nSPS) is 13.3. The Morgan fingerprint density at radius 1 is 1.55 bits per heavy atom. The third kappa shape index (κ3) is 1.40. The molecule has 1 aromatic rings. The highest BCUT2D eigenvalue weighted by Crippen LogP contribution is 2.19. The van der Waals surface area contributed by atoms with Gasteiger partial charge in [0.05, 0.1) is 6.42 Å². The van der Waals surface area contributed by atoms with Crippen LogP contribution in [0.5, 0.6) is 0 Å². The number of pyridine rings is 1. The second kappa shape index (κ2) is 3.00. The van der Waals surface area contributed by atoms with E-state index in [1.54, 1.807) is 18.5 Å². The molecule has 0 saturated carbocycles. The lowest BCUT2D eigenvalue weighted by atomic mass is 10.2.